The van der Waals surface area contributed by atoms with E-state index in [1.165, 1.54) is 16.8 Å². The Morgan fingerprint density at radius 1 is 1.39 bits per heavy atom. The monoisotopic (exact) mass is 253 g/mol. The molecule has 0 fully saturated rings. The van der Waals surface area contributed by atoms with Crippen LogP contribution < -0.4 is 5.32 Å². The zero-order chi connectivity index (χ0) is 13.1. The van der Waals surface area contributed by atoms with Gasteiger partial charge in [-0.25, -0.2) is 8.78 Å². The van der Waals surface area contributed by atoms with Crippen LogP contribution in [0, 0.1) is 11.6 Å². The van der Waals surface area contributed by atoms with E-state index in [9.17, 15) is 8.78 Å². The molecule has 96 valence electrons. The fraction of sp³-hybridized carbons (Fsp3) is 0.364. The van der Waals surface area contributed by atoms with Gasteiger partial charge in [-0.3, -0.25) is 0 Å². The summed E-state index contributed by atoms with van der Waals surface area (Å²) in [4.78, 5) is 0. The first-order valence-corrected chi connectivity index (χ1v) is 5.60. The maximum absolute atomic E-state index is 13.7. The summed E-state index contributed by atoms with van der Waals surface area (Å²) in [7, 11) is 0. The Bertz CT molecular complexity index is 540. The number of nitrogens with one attached hydrogen (secondary N) is 1. The highest BCUT2D eigenvalue weighted by Gasteiger charge is 2.17. The van der Waals surface area contributed by atoms with Crippen LogP contribution in [0.3, 0.4) is 0 Å². The van der Waals surface area contributed by atoms with Gasteiger partial charge in [0.05, 0.1) is 6.04 Å². The van der Waals surface area contributed by atoms with Crippen LogP contribution in [0.15, 0.2) is 18.2 Å². The minimum Gasteiger partial charge on any atom is -0.308 e. The molecule has 0 spiro atoms. The molecular weight excluding hydrogens is 240 g/mol. The lowest BCUT2D eigenvalue weighted by Crippen LogP contribution is -2.22. The zero-order valence-electron chi connectivity index (χ0n) is 10.1. The SMILES string of the molecule is CCNC(C)c1nnnn1-c1ccc(F)cc1F. The summed E-state index contributed by atoms with van der Waals surface area (Å²) in [6.07, 6.45) is 0. The van der Waals surface area contributed by atoms with Crippen molar-refractivity contribution >= 4 is 0 Å². The Kier molecular flexibility index (Phi) is 3.61. The summed E-state index contributed by atoms with van der Waals surface area (Å²) in [6, 6.07) is 3.15. The molecule has 0 aliphatic heterocycles. The van der Waals surface area contributed by atoms with Crippen molar-refractivity contribution in [1.82, 2.24) is 25.5 Å². The minimum absolute atomic E-state index is 0.126. The average Bonchev–Trinajstić information content (AvgIpc) is 2.78. The van der Waals surface area contributed by atoms with E-state index in [4.69, 9.17) is 0 Å². The smallest absolute Gasteiger partial charge is 0.173 e. The molecule has 18 heavy (non-hydrogen) atoms. The second kappa shape index (κ2) is 5.18. The number of rotatable bonds is 4. The first-order chi connectivity index (χ1) is 8.63. The Hall–Kier alpha value is -1.89. The summed E-state index contributed by atoms with van der Waals surface area (Å²) in [5.41, 5.74) is 0.126. The van der Waals surface area contributed by atoms with Crippen molar-refractivity contribution in [2.24, 2.45) is 0 Å². The van der Waals surface area contributed by atoms with Gasteiger partial charge in [-0.15, -0.1) is 5.10 Å². The molecule has 0 saturated carbocycles. The summed E-state index contributed by atoms with van der Waals surface area (Å²) in [5, 5.41) is 14.2. The number of halogens is 2. The molecule has 0 bridgehead atoms. The van der Waals surface area contributed by atoms with Crippen molar-refractivity contribution in [2.45, 2.75) is 19.9 Å². The molecule has 1 aromatic heterocycles. The third-order valence-electron chi connectivity index (χ3n) is 2.53. The van der Waals surface area contributed by atoms with Crippen LogP contribution >= 0.6 is 0 Å². The van der Waals surface area contributed by atoms with Crippen LogP contribution in [0.2, 0.25) is 0 Å². The van der Waals surface area contributed by atoms with E-state index in [-0.39, 0.29) is 11.7 Å². The molecule has 1 heterocycles. The molecule has 2 rings (SSSR count). The van der Waals surface area contributed by atoms with Crippen molar-refractivity contribution in [2.75, 3.05) is 6.54 Å². The van der Waals surface area contributed by atoms with Gasteiger partial charge in [0.15, 0.2) is 11.6 Å². The second-order valence-electron chi connectivity index (χ2n) is 3.82. The average molecular weight is 253 g/mol. The summed E-state index contributed by atoms with van der Waals surface area (Å²) in [6.45, 7) is 4.55. The predicted molar refractivity (Wildman–Crippen MR) is 61.2 cm³/mol. The van der Waals surface area contributed by atoms with Gasteiger partial charge in [0.1, 0.15) is 11.5 Å². The third-order valence-corrected chi connectivity index (χ3v) is 2.53. The first kappa shape index (κ1) is 12.6. The molecular formula is C11H13F2N5. The van der Waals surface area contributed by atoms with E-state index in [0.29, 0.717) is 5.82 Å². The lowest BCUT2D eigenvalue weighted by molar-refractivity contribution is 0.535. The van der Waals surface area contributed by atoms with E-state index in [1.807, 2.05) is 13.8 Å². The van der Waals surface area contributed by atoms with Gasteiger partial charge < -0.3 is 5.32 Å². The van der Waals surface area contributed by atoms with Crippen molar-refractivity contribution in [3.05, 3.63) is 35.7 Å². The summed E-state index contributed by atoms with van der Waals surface area (Å²) >= 11 is 0. The normalized spacial score (nSPS) is 12.7. The Labute approximate surface area is 103 Å². The third kappa shape index (κ3) is 2.35. The lowest BCUT2D eigenvalue weighted by atomic mass is 10.2. The number of nitrogens with zero attached hydrogens (tertiary/aromatic N) is 4. The standard InChI is InChI=1S/C11H13F2N5/c1-3-14-7(2)11-15-16-17-18(11)10-5-4-8(12)6-9(10)13/h4-7,14H,3H2,1-2H3. The van der Waals surface area contributed by atoms with Crippen molar-refractivity contribution < 1.29 is 8.78 Å². The van der Waals surface area contributed by atoms with Gasteiger partial charge in [0, 0.05) is 6.07 Å². The molecule has 1 aromatic carbocycles. The van der Waals surface area contributed by atoms with Crippen LogP contribution in [0.4, 0.5) is 8.78 Å². The van der Waals surface area contributed by atoms with Crippen molar-refractivity contribution in [3.63, 3.8) is 0 Å². The van der Waals surface area contributed by atoms with E-state index in [0.717, 1.165) is 12.6 Å². The van der Waals surface area contributed by atoms with Crippen LogP contribution in [-0.4, -0.2) is 26.8 Å². The molecule has 1 atom stereocenters. The molecule has 0 aliphatic rings. The van der Waals surface area contributed by atoms with Gasteiger partial charge in [-0.05, 0) is 36.0 Å². The van der Waals surface area contributed by atoms with Crippen LogP contribution in [0.5, 0.6) is 0 Å². The summed E-state index contributed by atoms with van der Waals surface area (Å²) < 4.78 is 27.8. The fourth-order valence-corrected chi connectivity index (χ4v) is 1.69. The van der Waals surface area contributed by atoms with E-state index < -0.39 is 11.6 Å². The Morgan fingerprint density at radius 3 is 2.83 bits per heavy atom. The Balaban J connectivity index is 2.42. The molecule has 0 aliphatic carbocycles. The van der Waals surface area contributed by atoms with E-state index in [2.05, 4.69) is 20.8 Å². The highest BCUT2D eigenvalue weighted by atomic mass is 19.1. The van der Waals surface area contributed by atoms with Gasteiger partial charge >= 0.3 is 0 Å². The maximum atomic E-state index is 13.7. The van der Waals surface area contributed by atoms with Gasteiger partial charge in [0.2, 0.25) is 0 Å². The topological polar surface area (TPSA) is 55.6 Å². The zero-order valence-corrected chi connectivity index (χ0v) is 10.1. The Morgan fingerprint density at radius 2 is 2.17 bits per heavy atom. The molecule has 1 unspecified atom stereocenters. The lowest BCUT2D eigenvalue weighted by Gasteiger charge is -2.12. The van der Waals surface area contributed by atoms with Crippen LogP contribution in [-0.2, 0) is 0 Å². The second-order valence-corrected chi connectivity index (χ2v) is 3.82. The van der Waals surface area contributed by atoms with Gasteiger partial charge in [0.25, 0.3) is 0 Å². The molecule has 0 radical (unpaired) electrons. The number of aromatic nitrogens is 4. The fourth-order valence-electron chi connectivity index (χ4n) is 1.69. The van der Waals surface area contributed by atoms with Crippen LogP contribution in [0.25, 0.3) is 5.69 Å². The van der Waals surface area contributed by atoms with E-state index in [1.54, 1.807) is 0 Å². The number of hydrogen-bond donors (Lipinski definition) is 1. The highest BCUT2D eigenvalue weighted by Crippen LogP contribution is 2.17. The van der Waals surface area contributed by atoms with Gasteiger partial charge in [-0.1, -0.05) is 6.92 Å². The first-order valence-electron chi connectivity index (χ1n) is 5.60. The maximum Gasteiger partial charge on any atom is 0.173 e. The molecule has 1 N–H and O–H groups in total. The number of benzene rings is 1. The number of hydrogen-bond acceptors (Lipinski definition) is 4. The molecule has 7 heteroatoms. The van der Waals surface area contributed by atoms with Crippen LogP contribution in [0.1, 0.15) is 25.7 Å². The van der Waals surface area contributed by atoms with Crippen molar-refractivity contribution in [3.8, 4) is 5.69 Å². The highest BCUT2D eigenvalue weighted by molar-refractivity contribution is 5.33. The summed E-state index contributed by atoms with van der Waals surface area (Å²) in [5.74, 6) is -0.861. The van der Waals surface area contributed by atoms with Crippen molar-refractivity contribution in [1.29, 1.82) is 0 Å². The number of tetrazole rings is 1. The predicted octanol–water partition coefficient (Wildman–Crippen LogP) is 1.61. The minimum atomic E-state index is -0.702. The molecule has 0 amide bonds. The quantitative estimate of drug-likeness (QED) is 0.899. The molecule has 2 aromatic rings. The van der Waals surface area contributed by atoms with Gasteiger partial charge in [-0.2, -0.15) is 4.68 Å². The molecule has 5 nitrogen and oxygen atoms in total. The van der Waals surface area contributed by atoms with E-state index >= 15 is 0 Å². The molecule has 0 saturated heterocycles. The largest absolute Gasteiger partial charge is 0.308 e.